The summed E-state index contributed by atoms with van der Waals surface area (Å²) in [5.41, 5.74) is 0. The largest absolute Gasteiger partial charge is 0.481 e. The maximum Gasteiger partial charge on any atom is 0.311 e. The Morgan fingerprint density at radius 1 is 2.00 bits per heavy atom. The van der Waals surface area contributed by atoms with Gasteiger partial charge in [-0.2, -0.15) is 0 Å². The minimum Gasteiger partial charge on any atom is -0.481 e. The molecule has 1 aromatic heterocycles. The van der Waals surface area contributed by atoms with Gasteiger partial charge in [0.05, 0.1) is 12.4 Å². The van der Waals surface area contributed by atoms with E-state index < -0.39 is 5.97 Å². The van der Waals surface area contributed by atoms with E-state index in [0.717, 1.165) is 0 Å². The zero-order valence-corrected chi connectivity index (χ0v) is 5.53. The van der Waals surface area contributed by atoms with E-state index in [-0.39, 0.29) is 6.42 Å². The average molecular weight is 139 g/mol. The van der Waals surface area contributed by atoms with Crippen LogP contribution >= 0.6 is 0 Å². The first-order valence-corrected chi connectivity index (χ1v) is 2.80. The summed E-state index contributed by atoms with van der Waals surface area (Å²) in [6.45, 7) is 0. The number of aryl methyl sites for hydroxylation is 1. The monoisotopic (exact) mass is 139 g/mol. The molecule has 4 nitrogen and oxygen atoms in total. The molecule has 0 aromatic carbocycles. The Morgan fingerprint density at radius 2 is 2.70 bits per heavy atom. The molecule has 1 rings (SSSR count). The average Bonchev–Trinajstić information content (AvgIpc) is 2.15. The minimum absolute atomic E-state index is 0.0417. The summed E-state index contributed by atoms with van der Waals surface area (Å²) >= 11 is 0. The molecule has 0 fully saturated rings. The minimum atomic E-state index is -0.872. The van der Waals surface area contributed by atoms with Crippen molar-refractivity contribution >= 4 is 5.97 Å². The molecular formula is C6H7N2O2. The van der Waals surface area contributed by atoms with Gasteiger partial charge in [0, 0.05) is 7.05 Å². The number of carbonyl (C=O) groups is 1. The van der Waals surface area contributed by atoms with Crippen LogP contribution in [0.25, 0.3) is 0 Å². The predicted octanol–water partition coefficient (Wildman–Crippen LogP) is -0.153. The van der Waals surface area contributed by atoms with Crippen molar-refractivity contribution in [2.45, 2.75) is 6.42 Å². The Hall–Kier alpha value is -1.32. The number of carboxylic acids is 1. The molecule has 4 heteroatoms. The van der Waals surface area contributed by atoms with Crippen molar-refractivity contribution in [1.29, 1.82) is 0 Å². The van der Waals surface area contributed by atoms with Crippen LogP contribution in [0.15, 0.2) is 6.20 Å². The molecular weight excluding hydrogens is 132 g/mol. The van der Waals surface area contributed by atoms with Gasteiger partial charge in [-0.1, -0.05) is 0 Å². The molecule has 0 aliphatic rings. The number of aromatic nitrogens is 2. The molecule has 53 valence electrons. The summed E-state index contributed by atoms with van der Waals surface area (Å²) < 4.78 is 1.56. The lowest BCUT2D eigenvalue weighted by atomic mass is 10.4. The van der Waals surface area contributed by atoms with E-state index >= 15 is 0 Å². The SMILES string of the molecule is Cn1[c]cnc1CC(=O)O. The van der Waals surface area contributed by atoms with Crippen LogP contribution in [-0.4, -0.2) is 20.6 Å². The van der Waals surface area contributed by atoms with E-state index in [4.69, 9.17) is 5.11 Å². The van der Waals surface area contributed by atoms with Gasteiger partial charge >= 0.3 is 5.97 Å². The second kappa shape index (κ2) is 2.51. The number of rotatable bonds is 2. The van der Waals surface area contributed by atoms with Gasteiger partial charge in [0.25, 0.3) is 0 Å². The first kappa shape index (κ1) is 6.80. The molecule has 10 heavy (non-hydrogen) atoms. The summed E-state index contributed by atoms with van der Waals surface area (Å²) in [5.74, 6) is -0.352. The lowest BCUT2D eigenvalue weighted by Crippen LogP contribution is -2.05. The second-order valence-corrected chi connectivity index (χ2v) is 1.93. The number of imidazole rings is 1. The highest BCUT2D eigenvalue weighted by Crippen LogP contribution is 1.93. The molecule has 0 bridgehead atoms. The van der Waals surface area contributed by atoms with Crippen LogP contribution in [0.5, 0.6) is 0 Å². The fraction of sp³-hybridized carbons (Fsp3) is 0.333. The number of carboxylic acid groups (broad SMARTS) is 1. The zero-order valence-electron chi connectivity index (χ0n) is 5.53. The van der Waals surface area contributed by atoms with Crippen molar-refractivity contribution in [1.82, 2.24) is 9.55 Å². The highest BCUT2D eigenvalue weighted by molar-refractivity contribution is 5.68. The predicted molar refractivity (Wildman–Crippen MR) is 33.4 cm³/mol. The van der Waals surface area contributed by atoms with Gasteiger partial charge in [0.2, 0.25) is 0 Å². The lowest BCUT2D eigenvalue weighted by Gasteiger charge is -1.94. The summed E-state index contributed by atoms with van der Waals surface area (Å²) in [6.07, 6.45) is 4.13. The van der Waals surface area contributed by atoms with Crippen molar-refractivity contribution in [2.75, 3.05) is 0 Å². The Labute approximate surface area is 58.1 Å². The van der Waals surface area contributed by atoms with E-state index in [1.54, 1.807) is 11.6 Å². The Kier molecular flexibility index (Phi) is 1.71. The highest BCUT2D eigenvalue weighted by atomic mass is 16.4. The van der Waals surface area contributed by atoms with Gasteiger partial charge in [-0.05, 0) is 0 Å². The summed E-state index contributed by atoms with van der Waals surface area (Å²) in [4.78, 5) is 13.9. The van der Waals surface area contributed by atoms with Crippen LogP contribution in [0.1, 0.15) is 5.82 Å². The van der Waals surface area contributed by atoms with Crippen LogP contribution in [0.4, 0.5) is 0 Å². The van der Waals surface area contributed by atoms with Gasteiger partial charge in [-0.3, -0.25) is 4.79 Å². The number of aliphatic carboxylic acids is 1. The molecule has 1 radical (unpaired) electrons. The van der Waals surface area contributed by atoms with Crippen molar-refractivity contribution in [2.24, 2.45) is 7.05 Å². The van der Waals surface area contributed by atoms with Crippen molar-refractivity contribution in [3.05, 3.63) is 18.2 Å². The first-order chi connectivity index (χ1) is 4.70. The smallest absolute Gasteiger partial charge is 0.311 e. The maximum absolute atomic E-state index is 10.2. The normalized spacial score (nSPS) is 9.70. The molecule has 0 saturated heterocycles. The third-order valence-electron chi connectivity index (χ3n) is 1.16. The molecule has 1 aromatic rings. The van der Waals surface area contributed by atoms with Crippen molar-refractivity contribution in [3.63, 3.8) is 0 Å². The standard InChI is InChI=1S/C6H7N2O2/c1-8-3-2-7-5(8)4-6(9)10/h2H,4H2,1H3,(H,9,10). The Bertz CT molecular complexity index is 242. The molecule has 1 heterocycles. The molecule has 0 spiro atoms. The summed E-state index contributed by atoms with van der Waals surface area (Å²) in [7, 11) is 1.71. The van der Waals surface area contributed by atoms with Gasteiger partial charge in [-0.25, -0.2) is 4.98 Å². The van der Waals surface area contributed by atoms with Crippen LogP contribution in [0.3, 0.4) is 0 Å². The molecule has 0 amide bonds. The van der Waals surface area contributed by atoms with Gasteiger partial charge in [0.15, 0.2) is 0 Å². The molecule has 0 aliphatic carbocycles. The van der Waals surface area contributed by atoms with E-state index in [1.807, 2.05) is 0 Å². The first-order valence-electron chi connectivity index (χ1n) is 2.80. The Morgan fingerprint density at radius 3 is 3.10 bits per heavy atom. The van der Waals surface area contributed by atoms with E-state index in [1.165, 1.54) is 6.20 Å². The van der Waals surface area contributed by atoms with Crippen LogP contribution in [0.2, 0.25) is 0 Å². The number of hydrogen-bond acceptors (Lipinski definition) is 2. The molecule has 0 saturated carbocycles. The van der Waals surface area contributed by atoms with Gasteiger partial charge in [-0.15, -0.1) is 0 Å². The van der Waals surface area contributed by atoms with Gasteiger partial charge < -0.3 is 9.67 Å². The second-order valence-electron chi connectivity index (χ2n) is 1.93. The van der Waals surface area contributed by atoms with E-state index in [9.17, 15) is 4.79 Å². The topological polar surface area (TPSA) is 55.1 Å². The van der Waals surface area contributed by atoms with Crippen LogP contribution in [-0.2, 0) is 18.3 Å². The fourth-order valence-electron chi connectivity index (χ4n) is 0.651. The summed E-state index contributed by atoms with van der Waals surface area (Å²) in [5, 5.41) is 8.34. The van der Waals surface area contributed by atoms with Crippen LogP contribution in [0, 0.1) is 6.20 Å². The molecule has 0 aliphatic heterocycles. The maximum atomic E-state index is 10.2. The number of hydrogen-bond donors (Lipinski definition) is 1. The lowest BCUT2D eigenvalue weighted by molar-refractivity contribution is -0.136. The molecule has 0 atom stereocenters. The van der Waals surface area contributed by atoms with Gasteiger partial charge in [0.1, 0.15) is 12.2 Å². The number of nitrogens with zero attached hydrogens (tertiary/aromatic N) is 2. The highest BCUT2D eigenvalue weighted by Gasteiger charge is 2.03. The fourth-order valence-corrected chi connectivity index (χ4v) is 0.651. The third kappa shape index (κ3) is 1.34. The van der Waals surface area contributed by atoms with E-state index in [0.29, 0.717) is 5.82 Å². The van der Waals surface area contributed by atoms with Crippen molar-refractivity contribution in [3.8, 4) is 0 Å². The quantitative estimate of drug-likeness (QED) is 0.619. The Balaban J connectivity index is 2.74. The third-order valence-corrected chi connectivity index (χ3v) is 1.16. The zero-order chi connectivity index (χ0) is 7.56. The molecule has 1 N–H and O–H groups in total. The van der Waals surface area contributed by atoms with Crippen molar-refractivity contribution < 1.29 is 9.90 Å². The molecule has 0 unspecified atom stereocenters. The van der Waals surface area contributed by atoms with Crippen LogP contribution < -0.4 is 0 Å². The summed E-state index contributed by atoms with van der Waals surface area (Å²) in [6, 6.07) is 0. The van der Waals surface area contributed by atoms with E-state index in [2.05, 4.69) is 11.2 Å².